The van der Waals surface area contributed by atoms with Gasteiger partial charge in [-0.05, 0) is 55.0 Å². The molecular formula is C20H14FN3O4S. The van der Waals surface area contributed by atoms with Crippen LogP contribution in [-0.4, -0.2) is 20.7 Å². The molecule has 2 aromatic carbocycles. The fourth-order valence-electron chi connectivity index (χ4n) is 2.84. The number of aromatic nitrogens is 2. The lowest BCUT2D eigenvalue weighted by Crippen LogP contribution is -2.03. The maximum absolute atomic E-state index is 13.2. The summed E-state index contributed by atoms with van der Waals surface area (Å²) in [6.07, 6.45) is 0. The summed E-state index contributed by atoms with van der Waals surface area (Å²) in [6, 6.07) is 13.5. The van der Waals surface area contributed by atoms with Crippen LogP contribution in [0.15, 0.2) is 54.6 Å². The SMILES string of the molecule is Cc1nn(-c2ccc(F)cc2)c2sc(C(=O)OCc3ccc([N+](=O)[O-])cc3)cc12. The topological polar surface area (TPSA) is 87.3 Å². The van der Waals surface area contributed by atoms with E-state index in [1.165, 1.54) is 35.6 Å². The van der Waals surface area contributed by atoms with Gasteiger partial charge in [-0.25, -0.2) is 13.9 Å². The molecular weight excluding hydrogens is 397 g/mol. The Hall–Kier alpha value is -3.59. The summed E-state index contributed by atoms with van der Waals surface area (Å²) in [6.45, 7) is 1.84. The summed E-state index contributed by atoms with van der Waals surface area (Å²) >= 11 is 1.24. The highest BCUT2D eigenvalue weighted by Crippen LogP contribution is 2.31. The van der Waals surface area contributed by atoms with Crippen LogP contribution in [0, 0.1) is 22.9 Å². The number of nitro groups is 1. The maximum atomic E-state index is 13.2. The summed E-state index contributed by atoms with van der Waals surface area (Å²) < 4.78 is 20.2. The second kappa shape index (κ2) is 7.44. The molecule has 29 heavy (non-hydrogen) atoms. The van der Waals surface area contributed by atoms with Gasteiger partial charge >= 0.3 is 5.97 Å². The Morgan fingerprint density at radius 3 is 2.55 bits per heavy atom. The van der Waals surface area contributed by atoms with Crippen molar-refractivity contribution in [1.82, 2.24) is 9.78 Å². The first kappa shape index (κ1) is 18.8. The van der Waals surface area contributed by atoms with E-state index < -0.39 is 10.9 Å². The van der Waals surface area contributed by atoms with Gasteiger partial charge in [0.1, 0.15) is 22.1 Å². The number of carbonyl (C=O) groups is 1. The molecule has 0 radical (unpaired) electrons. The molecule has 0 saturated carbocycles. The van der Waals surface area contributed by atoms with Gasteiger partial charge in [0.2, 0.25) is 0 Å². The fraction of sp³-hybridized carbons (Fsp3) is 0.100. The van der Waals surface area contributed by atoms with Crippen LogP contribution in [0.4, 0.5) is 10.1 Å². The van der Waals surface area contributed by atoms with Crippen molar-refractivity contribution in [3.63, 3.8) is 0 Å². The Labute approximate surface area is 168 Å². The van der Waals surface area contributed by atoms with E-state index in [0.717, 1.165) is 15.9 Å². The smallest absolute Gasteiger partial charge is 0.348 e. The Morgan fingerprint density at radius 2 is 1.90 bits per heavy atom. The van der Waals surface area contributed by atoms with Crippen molar-refractivity contribution in [2.24, 2.45) is 0 Å². The molecule has 0 fully saturated rings. The third-order valence-corrected chi connectivity index (χ3v) is 5.42. The number of thiophene rings is 1. The van der Waals surface area contributed by atoms with Gasteiger partial charge in [-0.3, -0.25) is 10.1 Å². The van der Waals surface area contributed by atoms with Gasteiger partial charge in [-0.15, -0.1) is 11.3 Å². The van der Waals surface area contributed by atoms with Crippen LogP contribution in [0.1, 0.15) is 20.9 Å². The first-order valence-corrected chi connectivity index (χ1v) is 9.39. The fourth-order valence-corrected chi connectivity index (χ4v) is 3.92. The highest BCUT2D eigenvalue weighted by Gasteiger charge is 2.18. The maximum Gasteiger partial charge on any atom is 0.348 e. The number of aryl methyl sites for hydroxylation is 1. The Bertz CT molecular complexity index is 1210. The van der Waals surface area contributed by atoms with Crippen molar-refractivity contribution in [1.29, 1.82) is 0 Å². The van der Waals surface area contributed by atoms with Crippen LogP contribution in [0.5, 0.6) is 0 Å². The standard InChI is InChI=1S/C20H14FN3O4S/c1-12-17-10-18(20(25)28-11-13-2-6-16(7-3-13)24(26)27)29-19(17)23(22-12)15-8-4-14(21)5-9-15/h2-10H,11H2,1H3. The number of hydrogen-bond acceptors (Lipinski definition) is 6. The number of nitrogens with zero attached hydrogens (tertiary/aromatic N) is 3. The molecule has 7 nitrogen and oxygen atoms in total. The van der Waals surface area contributed by atoms with Gasteiger partial charge in [0.25, 0.3) is 5.69 Å². The predicted molar refractivity (Wildman–Crippen MR) is 106 cm³/mol. The molecule has 9 heteroatoms. The first-order valence-electron chi connectivity index (χ1n) is 8.58. The van der Waals surface area contributed by atoms with Crippen molar-refractivity contribution in [2.75, 3.05) is 0 Å². The largest absolute Gasteiger partial charge is 0.457 e. The van der Waals surface area contributed by atoms with E-state index in [-0.39, 0.29) is 18.1 Å². The molecule has 0 bridgehead atoms. The Balaban J connectivity index is 1.54. The van der Waals surface area contributed by atoms with Gasteiger partial charge < -0.3 is 4.74 Å². The van der Waals surface area contributed by atoms with Gasteiger partial charge in [0.05, 0.1) is 16.3 Å². The quantitative estimate of drug-likeness (QED) is 0.267. The first-order chi connectivity index (χ1) is 13.9. The average Bonchev–Trinajstić information content (AvgIpc) is 3.28. The molecule has 0 spiro atoms. The van der Waals surface area contributed by atoms with E-state index in [4.69, 9.17) is 4.74 Å². The summed E-state index contributed by atoms with van der Waals surface area (Å²) in [5.41, 5.74) is 2.07. The van der Waals surface area contributed by atoms with Crippen LogP contribution in [-0.2, 0) is 11.3 Å². The minimum atomic E-state index is -0.491. The number of nitro benzene ring substituents is 1. The number of halogens is 1. The molecule has 0 amide bonds. The number of fused-ring (bicyclic) bond motifs is 1. The van der Waals surface area contributed by atoms with Crippen molar-refractivity contribution < 1.29 is 18.8 Å². The average molecular weight is 411 g/mol. The summed E-state index contributed by atoms with van der Waals surface area (Å²) in [4.78, 5) is 23.8. The Kier molecular flexibility index (Phi) is 4.81. The van der Waals surface area contributed by atoms with Crippen molar-refractivity contribution in [3.8, 4) is 5.69 Å². The monoisotopic (exact) mass is 411 g/mol. The summed E-state index contributed by atoms with van der Waals surface area (Å²) in [7, 11) is 0. The molecule has 0 N–H and O–H groups in total. The third-order valence-electron chi connectivity index (χ3n) is 4.33. The number of carbonyl (C=O) groups excluding carboxylic acids is 1. The number of esters is 1. The number of benzene rings is 2. The number of rotatable bonds is 5. The molecule has 0 aliphatic carbocycles. The molecule has 2 aromatic heterocycles. The van der Waals surface area contributed by atoms with Gasteiger partial charge in [0.15, 0.2) is 0 Å². The summed E-state index contributed by atoms with van der Waals surface area (Å²) in [5.74, 6) is -0.829. The van der Waals surface area contributed by atoms with Gasteiger partial charge in [0, 0.05) is 17.5 Å². The third kappa shape index (κ3) is 3.72. The molecule has 0 aliphatic heterocycles. The highest BCUT2D eigenvalue weighted by atomic mass is 32.1. The zero-order chi connectivity index (χ0) is 20.5. The zero-order valence-corrected chi connectivity index (χ0v) is 16.0. The number of ether oxygens (including phenoxy) is 1. The van der Waals surface area contributed by atoms with E-state index >= 15 is 0 Å². The normalized spacial score (nSPS) is 11.0. The van der Waals surface area contributed by atoms with Crippen LogP contribution >= 0.6 is 11.3 Å². The second-order valence-electron chi connectivity index (χ2n) is 6.30. The lowest BCUT2D eigenvalue weighted by atomic mass is 10.2. The van der Waals surface area contributed by atoms with Crippen LogP contribution in [0.2, 0.25) is 0 Å². The molecule has 146 valence electrons. The predicted octanol–water partition coefficient (Wildman–Crippen LogP) is 4.80. The van der Waals surface area contributed by atoms with E-state index in [9.17, 15) is 19.3 Å². The molecule has 4 aromatic rings. The lowest BCUT2D eigenvalue weighted by Gasteiger charge is -2.04. The van der Waals surface area contributed by atoms with E-state index in [1.54, 1.807) is 35.0 Å². The molecule has 0 saturated heterocycles. The zero-order valence-electron chi connectivity index (χ0n) is 15.2. The van der Waals surface area contributed by atoms with Gasteiger partial charge in [-0.2, -0.15) is 5.10 Å². The van der Waals surface area contributed by atoms with Crippen molar-refractivity contribution in [2.45, 2.75) is 13.5 Å². The minimum absolute atomic E-state index is 0.00808. The van der Waals surface area contributed by atoms with Crippen molar-refractivity contribution >= 4 is 33.2 Å². The molecule has 4 rings (SSSR count). The van der Waals surface area contributed by atoms with E-state index in [0.29, 0.717) is 16.1 Å². The van der Waals surface area contributed by atoms with E-state index in [1.807, 2.05) is 6.92 Å². The molecule has 2 heterocycles. The number of hydrogen-bond donors (Lipinski definition) is 0. The molecule has 0 aliphatic rings. The van der Waals surface area contributed by atoms with Crippen molar-refractivity contribution in [3.05, 3.63) is 86.7 Å². The minimum Gasteiger partial charge on any atom is -0.457 e. The van der Waals surface area contributed by atoms with Crippen LogP contribution in [0.25, 0.3) is 15.9 Å². The van der Waals surface area contributed by atoms with Gasteiger partial charge in [-0.1, -0.05) is 0 Å². The highest BCUT2D eigenvalue weighted by molar-refractivity contribution is 7.20. The van der Waals surface area contributed by atoms with E-state index in [2.05, 4.69) is 5.10 Å². The molecule has 0 unspecified atom stereocenters. The second-order valence-corrected chi connectivity index (χ2v) is 7.33. The lowest BCUT2D eigenvalue weighted by molar-refractivity contribution is -0.384. The Morgan fingerprint density at radius 1 is 1.21 bits per heavy atom. The van der Waals surface area contributed by atoms with Crippen LogP contribution in [0.3, 0.4) is 0 Å². The summed E-state index contributed by atoms with van der Waals surface area (Å²) in [5, 5.41) is 16.0. The number of non-ortho nitro benzene ring substituents is 1. The molecule has 0 atom stereocenters. The van der Waals surface area contributed by atoms with Crippen LogP contribution < -0.4 is 0 Å².